The number of hydrogen-bond acceptors (Lipinski definition) is 5. The summed E-state index contributed by atoms with van der Waals surface area (Å²) in [5, 5.41) is 0. The predicted octanol–water partition coefficient (Wildman–Crippen LogP) is -0.114. The highest BCUT2D eigenvalue weighted by Crippen LogP contribution is 2.32. The number of hydrogen-bond donors (Lipinski definition) is 1. The first-order chi connectivity index (χ1) is 11.3. The van der Waals surface area contributed by atoms with Crippen molar-refractivity contribution in [2.45, 2.75) is 17.4 Å². The molecule has 2 heterocycles. The number of nitrogens with zero attached hydrogens (tertiary/aromatic N) is 2. The molecule has 128 valence electrons. The molecule has 0 saturated heterocycles. The summed E-state index contributed by atoms with van der Waals surface area (Å²) in [4.78, 5) is 23.4. The van der Waals surface area contributed by atoms with Crippen molar-refractivity contribution in [1.82, 2.24) is 13.9 Å². The fourth-order valence-corrected chi connectivity index (χ4v) is 4.08. The van der Waals surface area contributed by atoms with Crippen LogP contribution in [-0.4, -0.2) is 24.2 Å². The van der Waals surface area contributed by atoms with Gasteiger partial charge in [0.15, 0.2) is 4.90 Å². The van der Waals surface area contributed by atoms with Gasteiger partial charge < -0.3 is 9.30 Å². The largest absolute Gasteiger partial charge is 0.493 e. The number of ether oxygens (including phenoxy) is 1. The van der Waals surface area contributed by atoms with Crippen molar-refractivity contribution in [2.24, 2.45) is 14.1 Å². The minimum Gasteiger partial charge on any atom is -0.493 e. The zero-order valence-corrected chi connectivity index (χ0v) is 14.0. The van der Waals surface area contributed by atoms with Gasteiger partial charge in [0.25, 0.3) is 5.56 Å². The first-order valence-electron chi connectivity index (χ1n) is 7.32. The predicted molar refractivity (Wildman–Crippen MR) is 86.5 cm³/mol. The Morgan fingerprint density at radius 3 is 2.67 bits per heavy atom. The monoisotopic (exact) mass is 351 g/mol. The van der Waals surface area contributed by atoms with Crippen molar-refractivity contribution >= 4 is 10.0 Å². The van der Waals surface area contributed by atoms with Crippen LogP contribution in [0.3, 0.4) is 0 Å². The fourth-order valence-electron chi connectivity index (χ4n) is 2.67. The van der Waals surface area contributed by atoms with Crippen LogP contribution in [0.4, 0.5) is 0 Å². The Morgan fingerprint density at radius 2 is 1.92 bits per heavy atom. The summed E-state index contributed by atoms with van der Waals surface area (Å²) in [5.74, 6) is 0.616. The second-order valence-electron chi connectivity index (χ2n) is 5.60. The van der Waals surface area contributed by atoms with Crippen LogP contribution < -0.4 is 20.7 Å². The van der Waals surface area contributed by atoms with Gasteiger partial charge >= 0.3 is 5.69 Å². The molecule has 0 aliphatic carbocycles. The van der Waals surface area contributed by atoms with E-state index in [1.807, 2.05) is 0 Å². The maximum absolute atomic E-state index is 12.7. The van der Waals surface area contributed by atoms with Gasteiger partial charge in [0.1, 0.15) is 5.75 Å². The molecule has 9 heteroatoms. The van der Waals surface area contributed by atoms with E-state index in [-0.39, 0.29) is 0 Å². The van der Waals surface area contributed by atoms with Crippen LogP contribution in [0, 0.1) is 0 Å². The summed E-state index contributed by atoms with van der Waals surface area (Å²) in [5.41, 5.74) is -0.727. The first-order valence-corrected chi connectivity index (χ1v) is 8.80. The van der Waals surface area contributed by atoms with Crippen LogP contribution >= 0.6 is 0 Å². The van der Waals surface area contributed by atoms with E-state index in [4.69, 9.17) is 4.74 Å². The van der Waals surface area contributed by atoms with E-state index >= 15 is 0 Å². The van der Waals surface area contributed by atoms with Gasteiger partial charge in [-0.05, 0) is 6.07 Å². The molecule has 0 spiro atoms. The third kappa shape index (κ3) is 2.76. The van der Waals surface area contributed by atoms with Gasteiger partial charge in [0.2, 0.25) is 10.0 Å². The molecule has 8 nitrogen and oxygen atoms in total. The van der Waals surface area contributed by atoms with Crippen molar-refractivity contribution in [3.63, 3.8) is 0 Å². The van der Waals surface area contributed by atoms with E-state index in [1.165, 1.54) is 14.1 Å². The van der Waals surface area contributed by atoms with Gasteiger partial charge in [-0.15, -0.1) is 0 Å². The summed E-state index contributed by atoms with van der Waals surface area (Å²) in [6.07, 6.45) is 1.49. The highest BCUT2D eigenvalue weighted by molar-refractivity contribution is 7.89. The molecular formula is C15H17N3O5S. The van der Waals surface area contributed by atoms with Crippen LogP contribution in [0.2, 0.25) is 0 Å². The van der Waals surface area contributed by atoms with Crippen molar-refractivity contribution in [2.75, 3.05) is 6.61 Å². The topological polar surface area (TPSA) is 99.4 Å². The molecule has 1 atom stereocenters. The van der Waals surface area contributed by atoms with Crippen molar-refractivity contribution in [3.8, 4) is 5.75 Å². The first kappa shape index (κ1) is 16.5. The van der Waals surface area contributed by atoms with E-state index in [0.29, 0.717) is 24.3 Å². The third-order valence-corrected chi connectivity index (χ3v) is 5.41. The average Bonchev–Trinajstić information content (AvgIpc) is 2.56. The average molecular weight is 351 g/mol. The summed E-state index contributed by atoms with van der Waals surface area (Å²) in [7, 11) is -1.46. The Morgan fingerprint density at radius 1 is 1.21 bits per heavy atom. The van der Waals surface area contributed by atoms with Crippen LogP contribution in [0.15, 0.2) is 44.9 Å². The molecule has 0 saturated carbocycles. The van der Waals surface area contributed by atoms with Gasteiger partial charge in [-0.25, -0.2) is 17.9 Å². The molecule has 1 N–H and O–H groups in total. The molecule has 24 heavy (non-hydrogen) atoms. The van der Waals surface area contributed by atoms with Crippen molar-refractivity contribution < 1.29 is 13.2 Å². The smallest absolute Gasteiger partial charge is 0.330 e. The Hall–Kier alpha value is -2.39. The van der Waals surface area contributed by atoms with Crippen LogP contribution in [0.1, 0.15) is 18.0 Å². The lowest BCUT2D eigenvalue weighted by molar-refractivity contribution is 0.263. The van der Waals surface area contributed by atoms with Gasteiger partial charge in [-0.3, -0.25) is 9.36 Å². The Labute approximate surface area is 138 Å². The normalized spacial score (nSPS) is 17.2. The minimum atomic E-state index is -4.09. The molecule has 1 aliphatic heterocycles. The number of aromatic nitrogens is 2. The van der Waals surface area contributed by atoms with Gasteiger partial charge in [0.05, 0.1) is 12.6 Å². The maximum Gasteiger partial charge on any atom is 0.330 e. The third-order valence-electron chi connectivity index (χ3n) is 3.96. The highest BCUT2D eigenvalue weighted by Gasteiger charge is 2.29. The molecule has 0 unspecified atom stereocenters. The lowest BCUT2D eigenvalue weighted by Gasteiger charge is -2.26. The maximum atomic E-state index is 12.7. The van der Waals surface area contributed by atoms with Gasteiger partial charge in [-0.2, -0.15) is 0 Å². The summed E-state index contributed by atoms with van der Waals surface area (Å²) in [6, 6.07) is 6.64. The Balaban J connectivity index is 2.03. The molecule has 0 fully saturated rings. The quantitative estimate of drug-likeness (QED) is 0.831. The minimum absolute atomic E-state index is 0.371. The molecule has 1 aromatic heterocycles. The fraction of sp³-hybridized carbons (Fsp3) is 0.333. The van der Waals surface area contributed by atoms with Crippen LogP contribution in [0.5, 0.6) is 5.75 Å². The number of para-hydroxylation sites is 1. The summed E-state index contributed by atoms with van der Waals surface area (Å²) >= 11 is 0. The lowest BCUT2D eigenvalue weighted by Crippen LogP contribution is -2.42. The van der Waals surface area contributed by atoms with E-state index in [1.54, 1.807) is 24.3 Å². The number of nitrogens with one attached hydrogen (secondary N) is 1. The van der Waals surface area contributed by atoms with E-state index in [0.717, 1.165) is 15.3 Å². The summed E-state index contributed by atoms with van der Waals surface area (Å²) in [6.45, 7) is 0.371. The Kier molecular flexibility index (Phi) is 4.06. The van der Waals surface area contributed by atoms with Crippen molar-refractivity contribution in [3.05, 3.63) is 56.9 Å². The van der Waals surface area contributed by atoms with Crippen LogP contribution in [0.25, 0.3) is 0 Å². The molecule has 0 bridgehead atoms. The number of fused-ring (bicyclic) bond motifs is 1. The SMILES string of the molecule is Cn1cc(S(=O)(=O)N[C@H]2CCOc3ccccc32)c(=O)n(C)c1=O. The molecule has 1 aromatic carbocycles. The molecule has 1 aliphatic rings. The van der Waals surface area contributed by atoms with Crippen LogP contribution in [-0.2, 0) is 24.1 Å². The molecule has 3 rings (SSSR count). The zero-order valence-electron chi connectivity index (χ0n) is 13.2. The second-order valence-corrected chi connectivity index (χ2v) is 7.28. The van der Waals surface area contributed by atoms with E-state index < -0.39 is 32.2 Å². The molecule has 0 amide bonds. The van der Waals surface area contributed by atoms with Gasteiger partial charge in [0, 0.05) is 32.3 Å². The van der Waals surface area contributed by atoms with Gasteiger partial charge in [-0.1, -0.05) is 18.2 Å². The second kappa shape index (κ2) is 5.91. The lowest BCUT2D eigenvalue weighted by atomic mass is 10.0. The molecule has 0 radical (unpaired) electrons. The number of sulfonamides is 1. The van der Waals surface area contributed by atoms with E-state index in [2.05, 4.69) is 4.72 Å². The summed E-state index contributed by atoms with van der Waals surface area (Å²) < 4.78 is 35.2. The highest BCUT2D eigenvalue weighted by atomic mass is 32.2. The van der Waals surface area contributed by atoms with E-state index in [9.17, 15) is 18.0 Å². The van der Waals surface area contributed by atoms with Crippen molar-refractivity contribution in [1.29, 1.82) is 0 Å². The number of aryl methyl sites for hydroxylation is 1. The molecular weight excluding hydrogens is 334 g/mol. The number of rotatable bonds is 3. The zero-order chi connectivity index (χ0) is 17.5. The number of benzene rings is 1. The molecule has 2 aromatic rings. The Bertz CT molecular complexity index is 1010. The standard InChI is InChI=1S/C15H17N3O5S/c1-17-9-13(14(19)18(2)15(17)20)24(21,22)16-11-7-8-23-12-6-4-3-5-10(11)12/h3-6,9,11,16H,7-8H2,1-2H3/t11-/m0/s1.